The van der Waals surface area contributed by atoms with Crippen LogP contribution >= 0.6 is 11.6 Å². The fourth-order valence-corrected chi connectivity index (χ4v) is 5.38. The van der Waals surface area contributed by atoms with Crippen molar-refractivity contribution in [2.45, 2.75) is 37.4 Å². The summed E-state index contributed by atoms with van der Waals surface area (Å²) in [7, 11) is 4.25. The third-order valence-electron chi connectivity index (χ3n) is 6.28. The number of ether oxygens (including phenoxy) is 1. The number of nitrogens with zero attached hydrogens (tertiary/aromatic N) is 2. The van der Waals surface area contributed by atoms with E-state index >= 15 is 0 Å². The van der Waals surface area contributed by atoms with Crippen LogP contribution in [-0.2, 0) is 16.0 Å². The summed E-state index contributed by atoms with van der Waals surface area (Å²) in [6.45, 7) is 2.69. The van der Waals surface area contributed by atoms with Crippen LogP contribution in [0.2, 0.25) is 5.02 Å². The maximum absolute atomic E-state index is 12.8. The molecule has 1 aromatic carbocycles. The normalized spacial score (nSPS) is 33.3. The molecule has 3 fully saturated rings. The Balaban J connectivity index is 1.40. The van der Waals surface area contributed by atoms with E-state index in [1.165, 1.54) is 0 Å². The third kappa shape index (κ3) is 3.09. The number of likely N-dealkylation sites (tertiary alicyclic amines) is 1. The molecule has 0 radical (unpaired) electrons. The van der Waals surface area contributed by atoms with Crippen LogP contribution in [0.4, 0.5) is 0 Å². The Bertz CT molecular complexity index is 665. The summed E-state index contributed by atoms with van der Waals surface area (Å²) < 4.78 is 6.42. The molecule has 0 saturated carbocycles. The second kappa shape index (κ2) is 6.57. The summed E-state index contributed by atoms with van der Waals surface area (Å²) in [4.78, 5) is 17.1. The van der Waals surface area contributed by atoms with Crippen LogP contribution in [0.1, 0.15) is 24.8 Å². The van der Waals surface area contributed by atoms with E-state index in [4.69, 9.17) is 16.3 Å². The predicted octanol–water partition coefficient (Wildman–Crippen LogP) is 2.84. The molecule has 3 aliphatic rings. The van der Waals surface area contributed by atoms with E-state index in [1.807, 2.05) is 29.2 Å². The lowest BCUT2D eigenvalue weighted by Gasteiger charge is -2.30. The fourth-order valence-electron chi connectivity index (χ4n) is 5.15. The van der Waals surface area contributed by atoms with Crippen molar-refractivity contribution in [3.63, 3.8) is 0 Å². The second-order valence-electron chi connectivity index (χ2n) is 8.16. The van der Waals surface area contributed by atoms with Gasteiger partial charge in [0.15, 0.2) is 0 Å². The number of benzene rings is 1. The molecule has 3 saturated heterocycles. The van der Waals surface area contributed by atoms with Gasteiger partial charge < -0.3 is 14.5 Å². The summed E-state index contributed by atoms with van der Waals surface area (Å²) in [5.74, 6) is 1.29. The number of hydrogen-bond donors (Lipinski definition) is 0. The van der Waals surface area contributed by atoms with E-state index < -0.39 is 0 Å². The molecule has 2 bridgehead atoms. The van der Waals surface area contributed by atoms with E-state index in [2.05, 4.69) is 19.0 Å². The highest BCUT2D eigenvalue weighted by Crippen LogP contribution is 2.54. The zero-order valence-corrected chi connectivity index (χ0v) is 15.8. The average molecular weight is 363 g/mol. The van der Waals surface area contributed by atoms with Crippen molar-refractivity contribution in [2.75, 3.05) is 33.7 Å². The number of hydrogen-bond acceptors (Lipinski definition) is 3. The van der Waals surface area contributed by atoms with Crippen molar-refractivity contribution in [3.05, 3.63) is 34.9 Å². The van der Waals surface area contributed by atoms with E-state index in [1.54, 1.807) is 0 Å². The topological polar surface area (TPSA) is 32.8 Å². The van der Waals surface area contributed by atoms with Gasteiger partial charge in [-0.25, -0.2) is 0 Å². The van der Waals surface area contributed by atoms with Gasteiger partial charge in [0.1, 0.15) is 0 Å². The highest BCUT2D eigenvalue weighted by atomic mass is 35.5. The highest BCUT2D eigenvalue weighted by molar-refractivity contribution is 6.31. The molecule has 3 aliphatic heterocycles. The predicted molar refractivity (Wildman–Crippen MR) is 98.7 cm³/mol. The largest absolute Gasteiger partial charge is 0.369 e. The molecule has 4 nitrogen and oxygen atoms in total. The van der Waals surface area contributed by atoms with Crippen LogP contribution in [0, 0.1) is 11.8 Å². The van der Waals surface area contributed by atoms with E-state index in [0.29, 0.717) is 30.8 Å². The minimum atomic E-state index is -0.0641. The average Bonchev–Trinajstić information content (AvgIpc) is 3.23. The number of aryl methyl sites for hydroxylation is 1. The van der Waals surface area contributed by atoms with Crippen LogP contribution in [0.25, 0.3) is 0 Å². The minimum Gasteiger partial charge on any atom is -0.369 e. The fraction of sp³-hybridized carbons (Fsp3) is 0.650. The van der Waals surface area contributed by atoms with Gasteiger partial charge in [-0.2, -0.15) is 0 Å². The van der Waals surface area contributed by atoms with Gasteiger partial charge in [0, 0.05) is 36.4 Å². The van der Waals surface area contributed by atoms with Crippen LogP contribution in [0.15, 0.2) is 24.3 Å². The Hall–Kier alpha value is -1.10. The first-order valence-electron chi connectivity index (χ1n) is 9.32. The van der Waals surface area contributed by atoms with Crippen molar-refractivity contribution < 1.29 is 9.53 Å². The summed E-state index contributed by atoms with van der Waals surface area (Å²) in [6.07, 6.45) is 3.88. The summed E-state index contributed by atoms with van der Waals surface area (Å²) in [6, 6.07) is 7.79. The van der Waals surface area contributed by atoms with E-state index in [9.17, 15) is 4.79 Å². The van der Waals surface area contributed by atoms with Gasteiger partial charge in [0.2, 0.25) is 5.91 Å². The Labute approximate surface area is 155 Å². The molecular weight excluding hydrogens is 336 g/mol. The molecule has 0 N–H and O–H groups in total. The first kappa shape index (κ1) is 17.3. The zero-order valence-electron chi connectivity index (χ0n) is 15.1. The third-order valence-corrected chi connectivity index (χ3v) is 6.65. The van der Waals surface area contributed by atoms with Crippen LogP contribution in [0.3, 0.4) is 0 Å². The Morgan fingerprint density at radius 2 is 2.20 bits per heavy atom. The first-order chi connectivity index (χ1) is 12.0. The number of halogens is 1. The van der Waals surface area contributed by atoms with Gasteiger partial charge in [-0.15, -0.1) is 0 Å². The number of amides is 1. The molecule has 3 heterocycles. The zero-order chi connectivity index (χ0) is 17.6. The van der Waals surface area contributed by atoms with E-state index in [0.717, 1.165) is 43.1 Å². The molecule has 4 rings (SSSR count). The Kier molecular flexibility index (Phi) is 4.55. The maximum atomic E-state index is 12.8. The molecule has 0 aliphatic carbocycles. The van der Waals surface area contributed by atoms with Gasteiger partial charge in [0.05, 0.1) is 18.2 Å². The molecule has 1 aromatic rings. The Morgan fingerprint density at radius 1 is 1.40 bits per heavy atom. The standard InChI is InChI=1S/C20H27ClN2O2/c1-22(2)11-15-16-12-23(13-20(16)10-9-18(15)25-20)19(24)8-7-14-5-3-4-6-17(14)21/h3-6,15-16,18H,7-13H2,1-2H3/t15-,16+,18+,20+/m0/s1. The quantitative estimate of drug-likeness (QED) is 0.807. The smallest absolute Gasteiger partial charge is 0.223 e. The molecule has 136 valence electrons. The highest BCUT2D eigenvalue weighted by Gasteiger charge is 2.63. The van der Waals surface area contributed by atoms with Crippen molar-refractivity contribution in [3.8, 4) is 0 Å². The molecule has 0 unspecified atom stereocenters. The second-order valence-corrected chi connectivity index (χ2v) is 8.57. The molecule has 4 atom stereocenters. The van der Waals surface area contributed by atoms with Gasteiger partial charge >= 0.3 is 0 Å². The molecular formula is C20H27ClN2O2. The van der Waals surface area contributed by atoms with Crippen LogP contribution in [-0.4, -0.2) is 61.1 Å². The van der Waals surface area contributed by atoms with Gasteiger partial charge in [0.25, 0.3) is 0 Å². The summed E-state index contributed by atoms with van der Waals surface area (Å²) in [5, 5.41) is 0.750. The number of carbonyl (C=O) groups excluding carboxylic acids is 1. The molecule has 0 aromatic heterocycles. The first-order valence-corrected chi connectivity index (χ1v) is 9.70. The van der Waals surface area contributed by atoms with Crippen LogP contribution < -0.4 is 0 Å². The molecule has 25 heavy (non-hydrogen) atoms. The van der Waals surface area contributed by atoms with Crippen molar-refractivity contribution in [1.82, 2.24) is 9.80 Å². The molecule has 1 amide bonds. The van der Waals surface area contributed by atoms with Gasteiger partial charge in [-0.05, 0) is 45.0 Å². The van der Waals surface area contributed by atoms with Crippen molar-refractivity contribution in [1.29, 1.82) is 0 Å². The Morgan fingerprint density at radius 3 is 2.96 bits per heavy atom. The lowest BCUT2D eigenvalue weighted by atomic mass is 9.73. The lowest BCUT2D eigenvalue weighted by Crippen LogP contribution is -2.40. The van der Waals surface area contributed by atoms with Gasteiger partial charge in [-0.1, -0.05) is 29.8 Å². The number of rotatable bonds is 5. The van der Waals surface area contributed by atoms with Crippen molar-refractivity contribution in [2.24, 2.45) is 11.8 Å². The molecule has 5 heteroatoms. The van der Waals surface area contributed by atoms with E-state index in [-0.39, 0.29) is 11.5 Å². The minimum absolute atomic E-state index is 0.0641. The van der Waals surface area contributed by atoms with Crippen molar-refractivity contribution >= 4 is 17.5 Å². The maximum Gasteiger partial charge on any atom is 0.223 e. The summed E-state index contributed by atoms with van der Waals surface area (Å²) >= 11 is 6.21. The monoisotopic (exact) mass is 362 g/mol. The SMILES string of the molecule is CN(C)C[C@H]1[C@H]2CN(C(=O)CCc3ccccc3Cl)C[C@]23CC[C@H]1O3. The lowest BCUT2D eigenvalue weighted by molar-refractivity contribution is -0.131. The number of carbonyl (C=O) groups is 1. The van der Waals surface area contributed by atoms with Crippen LogP contribution in [0.5, 0.6) is 0 Å². The number of fused-ring (bicyclic) bond motifs is 1. The van der Waals surface area contributed by atoms with Gasteiger partial charge in [-0.3, -0.25) is 4.79 Å². The molecule has 1 spiro atoms. The summed E-state index contributed by atoms with van der Waals surface area (Å²) in [5.41, 5.74) is 0.989.